The van der Waals surface area contributed by atoms with Crippen molar-refractivity contribution in [3.05, 3.63) is 65.0 Å². The molecular formula is C17H16N2OS2. The number of aromatic nitrogens is 1. The van der Waals surface area contributed by atoms with Crippen LogP contribution in [0.3, 0.4) is 0 Å². The smallest absolute Gasteiger partial charge is 0.182 e. The molecule has 0 radical (unpaired) electrons. The molecule has 112 valence electrons. The van der Waals surface area contributed by atoms with Crippen molar-refractivity contribution in [1.29, 1.82) is 0 Å². The molecule has 3 aromatic rings. The molecule has 0 aliphatic carbocycles. The van der Waals surface area contributed by atoms with Crippen LogP contribution in [-0.4, -0.2) is 9.54 Å². The van der Waals surface area contributed by atoms with E-state index in [1.165, 1.54) is 16.9 Å². The largest absolute Gasteiger partial charge is 0.588 e. The van der Waals surface area contributed by atoms with Gasteiger partial charge in [-0.2, -0.15) is 4.72 Å². The fourth-order valence-corrected chi connectivity index (χ4v) is 3.97. The van der Waals surface area contributed by atoms with Gasteiger partial charge in [0.2, 0.25) is 0 Å². The average Bonchev–Trinajstić information content (AvgIpc) is 2.96. The monoisotopic (exact) mass is 328 g/mol. The maximum Gasteiger partial charge on any atom is 0.182 e. The first kappa shape index (κ1) is 15.1. The van der Waals surface area contributed by atoms with Crippen molar-refractivity contribution in [2.45, 2.75) is 18.7 Å². The molecule has 0 aliphatic rings. The van der Waals surface area contributed by atoms with Gasteiger partial charge in [0.25, 0.3) is 0 Å². The highest BCUT2D eigenvalue weighted by atomic mass is 32.2. The van der Waals surface area contributed by atoms with E-state index in [9.17, 15) is 4.55 Å². The molecule has 1 unspecified atom stereocenters. The molecule has 22 heavy (non-hydrogen) atoms. The van der Waals surface area contributed by atoms with E-state index in [0.29, 0.717) is 5.82 Å². The predicted molar refractivity (Wildman–Crippen MR) is 93.5 cm³/mol. The molecule has 0 aliphatic heterocycles. The van der Waals surface area contributed by atoms with E-state index in [1.54, 1.807) is 0 Å². The molecular weight excluding hydrogens is 312 g/mol. The molecule has 0 fully saturated rings. The fourth-order valence-electron chi connectivity index (χ4n) is 2.19. The lowest BCUT2D eigenvalue weighted by Crippen LogP contribution is -2.14. The Hall–Kier alpha value is -1.82. The Bertz CT molecular complexity index is 771. The number of aryl methyl sites for hydroxylation is 2. The first-order valence-corrected chi connectivity index (χ1v) is 8.93. The van der Waals surface area contributed by atoms with E-state index in [0.717, 1.165) is 21.0 Å². The highest BCUT2D eigenvalue weighted by Crippen LogP contribution is 2.27. The molecule has 0 saturated carbocycles. The lowest BCUT2D eigenvalue weighted by Gasteiger charge is -2.12. The number of rotatable bonds is 4. The highest BCUT2D eigenvalue weighted by Gasteiger charge is 2.16. The summed E-state index contributed by atoms with van der Waals surface area (Å²) >= 11 is 0.235. The van der Waals surface area contributed by atoms with Crippen LogP contribution in [0.2, 0.25) is 0 Å². The Morgan fingerprint density at radius 3 is 2.59 bits per heavy atom. The first-order valence-electron chi connectivity index (χ1n) is 6.90. The van der Waals surface area contributed by atoms with Crippen molar-refractivity contribution < 1.29 is 4.55 Å². The fraction of sp³-hybridized carbons (Fsp3) is 0.118. The molecule has 1 N–H and O–H groups in total. The minimum absolute atomic E-state index is 0.641. The minimum atomic E-state index is -1.30. The topological polar surface area (TPSA) is 48.0 Å². The zero-order valence-electron chi connectivity index (χ0n) is 12.4. The van der Waals surface area contributed by atoms with Crippen molar-refractivity contribution in [1.82, 2.24) is 4.98 Å². The summed E-state index contributed by atoms with van der Waals surface area (Å²) in [5.74, 6) is 0.641. The van der Waals surface area contributed by atoms with E-state index >= 15 is 0 Å². The average molecular weight is 328 g/mol. The number of thiazole rings is 1. The Balaban J connectivity index is 1.77. The molecule has 0 bridgehead atoms. The summed E-state index contributed by atoms with van der Waals surface area (Å²) in [7, 11) is 0. The van der Waals surface area contributed by atoms with Crippen LogP contribution in [0.15, 0.2) is 58.8 Å². The number of benzene rings is 2. The lowest BCUT2D eigenvalue weighted by atomic mass is 10.2. The van der Waals surface area contributed by atoms with Gasteiger partial charge < -0.3 is 4.55 Å². The molecule has 1 aromatic heterocycles. The van der Waals surface area contributed by atoms with Crippen LogP contribution in [0.4, 0.5) is 5.82 Å². The van der Waals surface area contributed by atoms with Gasteiger partial charge in [0, 0.05) is 16.5 Å². The summed E-state index contributed by atoms with van der Waals surface area (Å²) in [4.78, 5) is 5.30. The highest BCUT2D eigenvalue weighted by molar-refractivity contribution is 7.92. The number of nitrogens with zero attached hydrogens (tertiary/aromatic N) is 1. The Kier molecular flexibility index (Phi) is 4.47. The van der Waals surface area contributed by atoms with Gasteiger partial charge in [0.1, 0.15) is 16.4 Å². The van der Waals surface area contributed by atoms with Crippen molar-refractivity contribution in [2.75, 3.05) is 4.72 Å². The predicted octanol–water partition coefficient (Wildman–Crippen LogP) is 4.56. The summed E-state index contributed by atoms with van der Waals surface area (Å²) < 4.78 is 15.4. The summed E-state index contributed by atoms with van der Waals surface area (Å²) in [5.41, 5.74) is 3.25. The number of hydrogen-bond acceptors (Lipinski definition) is 4. The van der Waals surface area contributed by atoms with Crippen molar-refractivity contribution in [2.24, 2.45) is 0 Å². The maximum atomic E-state index is 12.5. The molecule has 2 aromatic carbocycles. The molecule has 1 heterocycles. The second-order valence-corrected chi connectivity index (χ2v) is 7.08. The Morgan fingerprint density at radius 2 is 1.86 bits per heavy atom. The van der Waals surface area contributed by atoms with Gasteiger partial charge in [-0.05, 0) is 19.9 Å². The maximum absolute atomic E-state index is 12.5. The van der Waals surface area contributed by atoms with Crippen LogP contribution >= 0.6 is 11.3 Å². The lowest BCUT2D eigenvalue weighted by molar-refractivity contribution is 0.599. The third kappa shape index (κ3) is 3.32. The number of anilines is 1. The van der Waals surface area contributed by atoms with Crippen molar-refractivity contribution in [3.8, 4) is 10.6 Å². The summed E-state index contributed by atoms with van der Waals surface area (Å²) in [5, 5.41) is 2.81. The normalized spacial score (nSPS) is 12.1. The second-order valence-electron chi connectivity index (χ2n) is 5.04. The van der Waals surface area contributed by atoms with E-state index in [-0.39, 0.29) is 0 Å². The SMILES string of the molecule is Cc1ccc([S+]([O-])Nc2csc(-c3ccccc3)n2)c(C)c1. The first-order chi connectivity index (χ1) is 10.6. The summed E-state index contributed by atoms with van der Waals surface area (Å²) in [6.45, 7) is 4.00. The molecule has 5 heteroatoms. The standard InChI is InChI=1S/C17H16N2OS2/c1-12-8-9-15(13(2)10-12)22(20)19-16-11-21-17(18-16)14-6-4-3-5-7-14/h3-11,19H,1-2H3. The van der Waals surface area contributed by atoms with Crippen molar-refractivity contribution in [3.63, 3.8) is 0 Å². The zero-order chi connectivity index (χ0) is 15.5. The van der Waals surface area contributed by atoms with Crippen LogP contribution in [0, 0.1) is 13.8 Å². The van der Waals surface area contributed by atoms with Gasteiger partial charge in [0.15, 0.2) is 10.7 Å². The third-order valence-corrected chi connectivity index (χ3v) is 5.40. The van der Waals surface area contributed by atoms with Crippen molar-refractivity contribution >= 4 is 28.5 Å². The van der Waals surface area contributed by atoms with E-state index in [2.05, 4.69) is 9.71 Å². The minimum Gasteiger partial charge on any atom is -0.588 e. The van der Waals surface area contributed by atoms with Gasteiger partial charge >= 0.3 is 0 Å². The van der Waals surface area contributed by atoms with Gasteiger partial charge in [-0.25, -0.2) is 4.98 Å². The number of hydrogen-bond donors (Lipinski definition) is 1. The quantitative estimate of drug-likeness (QED) is 0.714. The van der Waals surface area contributed by atoms with Gasteiger partial charge in [0.05, 0.1) is 0 Å². The van der Waals surface area contributed by atoms with Crippen LogP contribution in [-0.2, 0) is 11.4 Å². The van der Waals surface area contributed by atoms with E-state index < -0.39 is 11.4 Å². The molecule has 3 nitrogen and oxygen atoms in total. The molecule has 0 saturated heterocycles. The molecule has 0 spiro atoms. The summed E-state index contributed by atoms with van der Waals surface area (Å²) in [6.07, 6.45) is 0. The van der Waals surface area contributed by atoms with Crippen LogP contribution in [0.1, 0.15) is 11.1 Å². The van der Waals surface area contributed by atoms with Gasteiger partial charge in [-0.15, -0.1) is 11.3 Å². The Labute approximate surface area is 137 Å². The molecule has 1 atom stereocenters. The van der Waals surface area contributed by atoms with E-state index in [4.69, 9.17) is 0 Å². The van der Waals surface area contributed by atoms with E-state index in [1.807, 2.05) is 67.8 Å². The second kappa shape index (κ2) is 6.52. The van der Waals surface area contributed by atoms with Crippen LogP contribution in [0.25, 0.3) is 10.6 Å². The third-order valence-electron chi connectivity index (χ3n) is 3.25. The van der Waals surface area contributed by atoms with Crippen LogP contribution in [0.5, 0.6) is 0 Å². The molecule has 3 rings (SSSR count). The zero-order valence-corrected chi connectivity index (χ0v) is 14.0. The van der Waals surface area contributed by atoms with Crippen LogP contribution < -0.4 is 4.72 Å². The number of nitrogens with one attached hydrogen (secondary N) is 1. The van der Waals surface area contributed by atoms with Gasteiger partial charge in [-0.3, -0.25) is 0 Å². The van der Waals surface area contributed by atoms with Gasteiger partial charge in [-0.1, -0.05) is 48.0 Å². The Morgan fingerprint density at radius 1 is 1.09 bits per heavy atom. The summed E-state index contributed by atoms with van der Waals surface area (Å²) in [6, 6.07) is 15.9. The molecule has 0 amide bonds.